The number of β-amino-alcohol motifs (C(OH)–C–C–N with tert-alkyl or cyclic N) is 2. The summed E-state index contributed by atoms with van der Waals surface area (Å²) >= 11 is 0. The number of rotatable bonds is 5. The number of aliphatic hydroxyl groups excluding tert-OH is 2. The minimum Gasteiger partial charge on any atom is -0.388 e. The van der Waals surface area contributed by atoms with Gasteiger partial charge in [0.1, 0.15) is 6.61 Å². The number of likely N-dealkylation sites (tertiary alicyclic amines) is 1. The van der Waals surface area contributed by atoms with Gasteiger partial charge in [0.25, 0.3) is 0 Å². The van der Waals surface area contributed by atoms with E-state index in [4.69, 9.17) is 9.47 Å². The van der Waals surface area contributed by atoms with Gasteiger partial charge in [-0.15, -0.1) is 0 Å². The number of methoxy groups -OCH3 is 1. The number of aliphatic hydroxyl groups is 2. The Morgan fingerprint density at radius 2 is 1.93 bits per heavy atom. The first-order chi connectivity index (χ1) is 7.15. The maximum Gasteiger partial charge on any atom is 0.248 e. The van der Waals surface area contributed by atoms with E-state index in [0.29, 0.717) is 13.2 Å². The van der Waals surface area contributed by atoms with Gasteiger partial charge in [0.05, 0.1) is 25.4 Å². The molecule has 0 aromatic rings. The van der Waals surface area contributed by atoms with Crippen molar-refractivity contribution in [2.75, 3.05) is 40.0 Å². The Morgan fingerprint density at radius 3 is 2.47 bits per heavy atom. The van der Waals surface area contributed by atoms with Crippen LogP contribution < -0.4 is 0 Å². The highest BCUT2D eigenvalue weighted by Crippen LogP contribution is 2.09. The quantitative estimate of drug-likeness (QED) is 0.534. The largest absolute Gasteiger partial charge is 0.388 e. The van der Waals surface area contributed by atoms with Crippen LogP contribution in [0.25, 0.3) is 0 Å². The summed E-state index contributed by atoms with van der Waals surface area (Å²) < 4.78 is 9.79. The van der Waals surface area contributed by atoms with Gasteiger partial charge in [-0.25, -0.2) is 0 Å². The molecule has 0 radical (unpaired) electrons. The fourth-order valence-electron chi connectivity index (χ4n) is 1.37. The van der Waals surface area contributed by atoms with Gasteiger partial charge in [-0.2, -0.15) is 0 Å². The predicted octanol–water partition coefficient (Wildman–Crippen LogP) is -1.79. The van der Waals surface area contributed by atoms with Crippen LogP contribution in [0.4, 0.5) is 0 Å². The Labute approximate surface area is 88.4 Å². The van der Waals surface area contributed by atoms with Gasteiger partial charge < -0.3 is 24.6 Å². The fourth-order valence-corrected chi connectivity index (χ4v) is 1.37. The molecule has 0 aliphatic carbocycles. The SMILES string of the molecule is COCCOCC(=O)N1CC(O)C(O)C1. The van der Waals surface area contributed by atoms with Gasteiger partial charge in [0.15, 0.2) is 0 Å². The van der Waals surface area contributed by atoms with Gasteiger partial charge >= 0.3 is 0 Å². The lowest BCUT2D eigenvalue weighted by atomic mass is 10.3. The Kier molecular flexibility index (Phi) is 4.97. The highest BCUT2D eigenvalue weighted by atomic mass is 16.5. The van der Waals surface area contributed by atoms with Crippen molar-refractivity contribution < 1.29 is 24.5 Å². The van der Waals surface area contributed by atoms with Crippen LogP contribution in [0, 0.1) is 0 Å². The molecular weight excluding hydrogens is 202 g/mol. The highest BCUT2D eigenvalue weighted by Gasteiger charge is 2.32. The zero-order valence-corrected chi connectivity index (χ0v) is 8.76. The van der Waals surface area contributed by atoms with Crippen molar-refractivity contribution in [2.45, 2.75) is 12.2 Å². The van der Waals surface area contributed by atoms with Crippen molar-refractivity contribution in [3.8, 4) is 0 Å². The van der Waals surface area contributed by atoms with Crippen LogP contribution >= 0.6 is 0 Å². The lowest BCUT2D eigenvalue weighted by molar-refractivity contribution is -0.136. The molecule has 0 bridgehead atoms. The van der Waals surface area contributed by atoms with Crippen LogP contribution in [0.3, 0.4) is 0 Å². The van der Waals surface area contributed by atoms with Gasteiger partial charge in [0.2, 0.25) is 5.91 Å². The van der Waals surface area contributed by atoms with Crippen molar-refractivity contribution in [1.29, 1.82) is 0 Å². The Balaban J connectivity index is 2.18. The second-order valence-electron chi connectivity index (χ2n) is 3.48. The zero-order chi connectivity index (χ0) is 11.3. The lowest BCUT2D eigenvalue weighted by Gasteiger charge is -2.14. The molecule has 2 N–H and O–H groups in total. The third kappa shape index (κ3) is 3.75. The van der Waals surface area contributed by atoms with E-state index >= 15 is 0 Å². The molecule has 15 heavy (non-hydrogen) atoms. The number of hydrogen-bond donors (Lipinski definition) is 2. The average molecular weight is 219 g/mol. The van der Waals surface area contributed by atoms with E-state index < -0.39 is 12.2 Å². The molecule has 1 amide bonds. The molecule has 1 aliphatic heterocycles. The van der Waals surface area contributed by atoms with E-state index in [1.54, 1.807) is 7.11 Å². The molecule has 0 aromatic carbocycles. The maximum absolute atomic E-state index is 11.4. The summed E-state index contributed by atoms with van der Waals surface area (Å²) in [6.45, 7) is 1.11. The molecule has 6 heteroatoms. The van der Waals surface area contributed by atoms with Crippen LogP contribution in [0.1, 0.15) is 0 Å². The topological polar surface area (TPSA) is 79.2 Å². The van der Waals surface area contributed by atoms with Crippen molar-refractivity contribution in [1.82, 2.24) is 4.90 Å². The van der Waals surface area contributed by atoms with Crippen LogP contribution in [-0.2, 0) is 14.3 Å². The van der Waals surface area contributed by atoms with Crippen LogP contribution in [-0.4, -0.2) is 73.2 Å². The summed E-state index contributed by atoms with van der Waals surface area (Å²) in [4.78, 5) is 12.8. The van der Waals surface area contributed by atoms with Crippen molar-refractivity contribution >= 4 is 5.91 Å². The molecule has 1 fully saturated rings. The number of amides is 1. The highest BCUT2D eigenvalue weighted by molar-refractivity contribution is 5.77. The summed E-state index contributed by atoms with van der Waals surface area (Å²) in [6, 6.07) is 0. The standard InChI is InChI=1S/C9H17NO5/c1-14-2-3-15-6-9(13)10-4-7(11)8(12)5-10/h7-8,11-12H,2-6H2,1H3. The van der Waals surface area contributed by atoms with Crippen LogP contribution in [0.15, 0.2) is 0 Å². The maximum atomic E-state index is 11.4. The molecular formula is C9H17NO5. The minimum atomic E-state index is -0.840. The van der Waals surface area contributed by atoms with Gasteiger partial charge in [0, 0.05) is 20.2 Å². The third-order valence-electron chi connectivity index (χ3n) is 2.27. The molecule has 0 aromatic heterocycles. The molecule has 88 valence electrons. The first kappa shape index (κ1) is 12.4. The summed E-state index contributed by atoms with van der Waals surface area (Å²) in [7, 11) is 1.55. The predicted molar refractivity (Wildman–Crippen MR) is 51.3 cm³/mol. The second-order valence-corrected chi connectivity index (χ2v) is 3.48. The third-order valence-corrected chi connectivity index (χ3v) is 2.27. The fraction of sp³-hybridized carbons (Fsp3) is 0.889. The monoisotopic (exact) mass is 219 g/mol. The Morgan fingerprint density at radius 1 is 1.33 bits per heavy atom. The molecule has 1 aliphatic rings. The zero-order valence-electron chi connectivity index (χ0n) is 8.76. The van der Waals surface area contributed by atoms with Gasteiger partial charge in [-0.05, 0) is 0 Å². The summed E-state index contributed by atoms with van der Waals surface area (Å²) in [5.74, 6) is -0.221. The van der Waals surface area contributed by atoms with Crippen LogP contribution in [0.5, 0.6) is 0 Å². The first-order valence-corrected chi connectivity index (χ1v) is 4.85. The first-order valence-electron chi connectivity index (χ1n) is 4.85. The van der Waals surface area contributed by atoms with Gasteiger partial charge in [-0.1, -0.05) is 0 Å². The van der Waals surface area contributed by atoms with E-state index in [1.165, 1.54) is 4.90 Å². The number of nitrogens with zero attached hydrogens (tertiary/aromatic N) is 1. The molecule has 1 rings (SSSR count). The van der Waals surface area contributed by atoms with Crippen molar-refractivity contribution in [2.24, 2.45) is 0 Å². The van der Waals surface area contributed by atoms with E-state index in [2.05, 4.69) is 0 Å². The number of carbonyl (C=O) groups excluding carboxylic acids is 1. The molecule has 2 unspecified atom stereocenters. The molecule has 2 atom stereocenters. The summed E-state index contributed by atoms with van der Waals surface area (Å²) in [6.07, 6.45) is -1.68. The lowest BCUT2D eigenvalue weighted by Crippen LogP contribution is -2.33. The number of hydrogen-bond acceptors (Lipinski definition) is 5. The second kappa shape index (κ2) is 6.02. The number of carbonyl (C=O) groups is 1. The smallest absolute Gasteiger partial charge is 0.248 e. The van der Waals surface area contributed by atoms with Crippen molar-refractivity contribution in [3.05, 3.63) is 0 Å². The molecule has 1 heterocycles. The minimum absolute atomic E-state index is 0.0389. The average Bonchev–Trinajstić information content (AvgIpc) is 2.54. The number of ether oxygens (including phenoxy) is 2. The molecule has 0 spiro atoms. The Hall–Kier alpha value is -0.690. The van der Waals surface area contributed by atoms with E-state index in [-0.39, 0.29) is 25.6 Å². The summed E-state index contributed by atoms with van der Waals surface area (Å²) in [5, 5.41) is 18.4. The normalized spacial score (nSPS) is 25.9. The Bertz CT molecular complexity index is 201. The van der Waals surface area contributed by atoms with E-state index in [1.807, 2.05) is 0 Å². The van der Waals surface area contributed by atoms with E-state index in [9.17, 15) is 15.0 Å². The molecule has 0 saturated carbocycles. The van der Waals surface area contributed by atoms with Gasteiger partial charge in [-0.3, -0.25) is 4.79 Å². The van der Waals surface area contributed by atoms with Crippen molar-refractivity contribution in [3.63, 3.8) is 0 Å². The molecule has 1 saturated heterocycles. The molecule has 6 nitrogen and oxygen atoms in total. The van der Waals surface area contributed by atoms with Crippen LogP contribution in [0.2, 0.25) is 0 Å². The van der Waals surface area contributed by atoms with E-state index in [0.717, 1.165) is 0 Å². The summed E-state index contributed by atoms with van der Waals surface area (Å²) in [5.41, 5.74) is 0.